The van der Waals surface area contributed by atoms with E-state index in [1.54, 1.807) is 6.07 Å². The lowest BCUT2D eigenvalue weighted by molar-refractivity contribution is -0.121. The molecule has 2 fully saturated rings. The number of rotatable bonds is 4. The molecule has 0 radical (unpaired) electrons. The summed E-state index contributed by atoms with van der Waals surface area (Å²) in [4.78, 5) is 25.2. The predicted molar refractivity (Wildman–Crippen MR) is 96.7 cm³/mol. The van der Waals surface area contributed by atoms with Gasteiger partial charge in [0.15, 0.2) is 0 Å². The van der Waals surface area contributed by atoms with Gasteiger partial charge in [-0.25, -0.2) is 4.39 Å². The molecule has 0 saturated carbocycles. The number of anilines is 1. The Labute approximate surface area is 152 Å². The number of nitrogens with one attached hydrogen (secondary N) is 3. The lowest BCUT2D eigenvalue weighted by Crippen LogP contribution is -2.43. The smallest absolute Gasteiger partial charge is 0.227 e. The second kappa shape index (κ2) is 8.49. The first kappa shape index (κ1) is 19.5. The van der Waals surface area contributed by atoms with Crippen LogP contribution in [-0.2, 0) is 9.59 Å². The van der Waals surface area contributed by atoms with Gasteiger partial charge in [-0.2, -0.15) is 0 Å². The minimum Gasteiger partial charge on any atom is -0.367 e. The van der Waals surface area contributed by atoms with E-state index in [4.69, 9.17) is 0 Å². The quantitative estimate of drug-likeness (QED) is 0.732. The van der Waals surface area contributed by atoms with Crippen LogP contribution in [0.2, 0.25) is 0 Å². The van der Waals surface area contributed by atoms with Crippen molar-refractivity contribution in [3.8, 4) is 0 Å². The molecule has 6 nitrogen and oxygen atoms in total. The van der Waals surface area contributed by atoms with Crippen LogP contribution in [0.1, 0.15) is 24.8 Å². The fraction of sp³-hybridized carbons (Fsp3) is 0.529. The van der Waals surface area contributed by atoms with Gasteiger partial charge < -0.3 is 20.9 Å². The number of carbonyl (C=O) groups excluding carboxylic acids is 2. The van der Waals surface area contributed by atoms with Gasteiger partial charge in [0.05, 0.1) is 11.6 Å². The minimum atomic E-state index is -0.365. The maximum absolute atomic E-state index is 14.5. The Kier molecular flexibility index (Phi) is 6.61. The monoisotopic (exact) mass is 370 g/mol. The van der Waals surface area contributed by atoms with E-state index >= 15 is 0 Å². The molecular formula is C17H24ClFN4O2. The molecule has 8 heteroatoms. The SMILES string of the molecule is CC(=O)NCC1C[C@@H](c2ccc(N3CCNCC3)c(F)c2)C(=O)N1.Cl. The van der Waals surface area contributed by atoms with Crippen molar-refractivity contribution in [1.29, 1.82) is 0 Å². The van der Waals surface area contributed by atoms with Crippen molar-refractivity contribution in [2.24, 2.45) is 0 Å². The Hall–Kier alpha value is -1.86. The topological polar surface area (TPSA) is 73.5 Å². The Bertz CT molecular complexity index is 637. The molecule has 25 heavy (non-hydrogen) atoms. The summed E-state index contributed by atoms with van der Waals surface area (Å²) < 4.78 is 14.5. The molecular weight excluding hydrogens is 347 g/mol. The average molecular weight is 371 g/mol. The summed E-state index contributed by atoms with van der Waals surface area (Å²) in [5.74, 6) is -0.887. The van der Waals surface area contributed by atoms with Gasteiger partial charge in [-0.3, -0.25) is 9.59 Å². The van der Waals surface area contributed by atoms with Crippen molar-refractivity contribution in [2.75, 3.05) is 37.6 Å². The number of piperazine rings is 1. The molecule has 3 rings (SSSR count). The van der Waals surface area contributed by atoms with Crippen LogP contribution in [0.5, 0.6) is 0 Å². The van der Waals surface area contributed by atoms with Crippen LogP contribution in [0.25, 0.3) is 0 Å². The highest BCUT2D eigenvalue weighted by Gasteiger charge is 2.33. The largest absolute Gasteiger partial charge is 0.367 e. The van der Waals surface area contributed by atoms with Crippen LogP contribution in [-0.4, -0.2) is 50.6 Å². The van der Waals surface area contributed by atoms with Crippen LogP contribution < -0.4 is 20.9 Å². The average Bonchev–Trinajstić information content (AvgIpc) is 2.94. The summed E-state index contributed by atoms with van der Waals surface area (Å²) in [6.45, 7) is 5.09. The molecule has 2 saturated heterocycles. The lowest BCUT2D eigenvalue weighted by atomic mass is 9.95. The molecule has 1 aromatic carbocycles. The van der Waals surface area contributed by atoms with Crippen molar-refractivity contribution in [1.82, 2.24) is 16.0 Å². The standard InChI is InChI=1S/C17H23FN4O2.ClH/c1-11(23)20-10-13-9-14(17(24)21-13)12-2-3-16(15(18)8-12)22-6-4-19-5-7-22;/h2-3,8,13-14,19H,4-7,9-10H2,1H3,(H,20,23)(H,21,24);1H/t13?,14-;/m0./s1. The van der Waals surface area contributed by atoms with Gasteiger partial charge in [0.1, 0.15) is 5.82 Å². The third kappa shape index (κ3) is 4.61. The molecule has 0 aliphatic carbocycles. The number of amides is 2. The molecule has 0 aromatic heterocycles. The Balaban J connectivity index is 0.00000225. The van der Waals surface area contributed by atoms with Gasteiger partial charge in [-0.15, -0.1) is 12.4 Å². The predicted octanol–water partition coefficient (Wildman–Crippen LogP) is 0.765. The summed E-state index contributed by atoms with van der Waals surface area (Å²) in [5, 5.41) is 8.81. The molecule has 2 aliphatic rings. The fourth-order valence-corrected chi connectivity index (χ4v) is 3.34. The van der Waals surface area contributed by atoms with Crippen LogP contribution in [0.15, 0.2) is 18.2 Å². The Morgan fingerprint density at radius 3 is 2.72 bits per heavy atom. The number of nitrogens with zero attached hydrogens (tertiary/aromatic N) is 1. The lowest BCUT2D eigenvalue weighted by Gasteiger charge is -2.30. The van der Waals surface area contributed by atoms with Crippen LogP contribution in [0.3, 0.4) is 0 Å². The van der Waals surface area contributed by atoms with Gasteiger partial charge >= 0.3 is 0 Å². The zero-order valence-corrected chi connectivity index (χ0v) is 15.0. The van der Waals surface area contributed by atoms with E-state index in [1.165, 1.54) is 13.0 Å². The second-order valence-electron chi connectivity index (χ2n) is 6.38. The third-order valence-corrected chi connectivity index (χ3v) is 4.61. The Morgan fingerprint density at radius 1 is 1.36 bits per heavy atom. The number of benzene rings is 1. The van der Waals surface area contributed by atoms with Crippen molar-refractivity contribution in [3.63, 3.8) is 0 Å². The maximum atomic E-state index is 14.5. The van der Waals surface area contributed by atoms with Crippen LogP contribution in [0, 0.1) is 5.82 Å². The van der Waals surface area contributed by atoms with Crippen LogP contribution in [0.4, 0.5) is 10.1 Å². The van der Waals surface area contributed by atoms with Crippen molar-refractivity contribution >= 4 is 29.9 Å². The zero-order valence-electron chi connectivity index (χ0n) is 14.2. The first-order chi connectivity index (χ1) is 11.5. The van der Waals surface area contributed by atoms with Gasteiger partial charge in [-0.05, 0) is 24.1 Å². The highest BCUT2D eigenvalue weighted by atomic mass is 35.5. The maximum Gasteiger partial charge on any atom is 0.227 e. The van der Waals surface area contributed by atoms with Gasteiger partial charge in [0.2, 0.25) is 11.8 Å². The molecule has 2 heterocycles. The first-order valence-corrected chi connectivity index (χ1v) is 8.34. The van der Waals surface area contributed by atoms with Gasteiger partial charge in [-0.1, -0.05) is 6.07 Å². The van der Waals surface area contributed by atoms with E-state index in [-0.39, 0.29) is 42.0 Å². The third-order valence-electron chi connectivity index (χ3n) is 4.61. The highest BCUT2D eigenvalue weighted by molar-refractivity contribution is 5.86. The van der Waals surface area contributed by atoms with E-state index in [2.05, 4.69) is 16.0 Å². The van der Waals surface area contributed by atoms with Gasteiger partial charge in [0, 0.05) is 45.7 Å². The van der Waals surface area contributed by atoms with Crippen molar-refractivity contribution < 1.29 is 14.0 Å². The molecule has 3 N–H and O–H groups in total. The summed E-state index contributed by atoms with van der Waals surface area (Å²) in [7, 11) is 0. The Morgan fingerprint density at radius 2 is 2.08 bits per heavy atom. The van der Waals surface area contributed by atoms with Crippen molar-refractivity contribution in [3.05, 3.63) is 29.6 Å². The fourth-order valence-electron chi connectivity index (χ4n) is 3.34. The van der Waals surface area contributed by atoms with E-state index in [0.717, 1.165) is 26.2 Å². The molecule has 2 atom stereocenters. The van der Waals surface area contributed by atoms with E-state index in [9.17, 15) is 14.0 Å². The highest BCUT2D eigenvalue weighted by Crippen LogP contribution is 2.30. The molecule has 1 unspecified atom stereocenters. The molecule has 0 spiro atoms. The number of carbonyl (C=O) groups is 2. The van der Waals surface area contributed by atoms with E-state index in [0.29, 0.717) is 24.2 Å². The second-order valence-corrected chi connectivity index (χ2v) is 6.38. The summed E-state index contributed by atoms with van der Waals surface area (Å²) in [5.41, 5.74) is 1.28. The normalized spacial score (nSPS) is 23.0. The summed E-state index contributed by atoms with van der Waals surface area (Å²) >= 11 is 0. The molecule has 2 aliphatic heterocycles. The number of halogens is 2. The number of hydrogen-bond acceptors (Lipinski definition) is 4. The van der Waals surface area contributed by atoms with E-state index < -0.39 is 0 Å². The molecule has 1 aromatic rings. The van der Waals surface area contributed by atoms with Crippen LogP contribution >= 0.6 is 12.4 Å². The summed E-state index contributed by atoms with van der Waals surface area (Å²) in [6, 6.07) is 4.97. The zero-order chi connectivity index (χ0) is 17.1. The van der Waals surface area contributed by atoms with Crippen molar-refractivity contribution in [2.45, 2.75) is 25.3 Å². The summed E-state index contributed by atoms with van der Waals surface area (Å²) in [6.07, 6.45) is 0.561. The van der Waals surface area contributed by atoms with E-state index in [1.807, 2.05) is 11.0 Å². The molecule has 138 valence electrons. The first-order valence-electron chi connectivity index (χ1n) is 8.34. The molecule has 0 bridgehead atoms. The number of hydrogen-bond donors (Lipinski definition) is 3. The minimum absolute atomic E-state index is 0. The van der Waals surface area contributed by atoms with Gasteiger partial charge in [0.25, 0.3) is 0 Å². The molecule has 2 amide bonds.